The number of carbonyl (C=O) groups excluding carboxylic acids is 1. The molecule has 0 aliphatic heterocycles. The molecule has 0 spiro atoms. The van der Waals surface area contributed by atoms with Crippen molar-refractivity contribution in [2.24, 2.45) is 0 Å². The van der Waals surface area contributed by atoms with E-state index in [1.807, 2.05) is 0 Å². The highest BCUT2D eigenvalue weighted by Gasteiger charge is 2.11. The van der Waals surface area contributed by atoms with Crippen molar-refractivity contribution in [3.63, 3.8) is 0 Å². The van der Waals surface area contributed by atoms with Gasteiger partial charge >= 0.3 is 0 Å². The highest BCUT2D eigenvalue weighted by atomic mass is 19.1. The van der Waals surface area contributed by atoms with Crippen molar-refractivity contribution < 1.29 is 18.7 Å². The van der Waals surface area contributed by atoms with Crippen LogP contribution in [-0.2, 0) is 0 Å². The Labute approximate surface area is 135 Å². The van der Waals surface area contributed by atoms with E-state index in [9.17, 15) is 9.18 Å². The number of ether oxygens (including phenoxy) is 2. The van der Waals surface area contributed by atoms with Crippen molar-refractivity contribution in [1.29, 1.82) is 0 Å². The molecule has 5 heteroatoms. The number of amides is 1. The summed E-state index contributed by atoms with van der Waals surface area (Å²) in [5.41, 5.74) is 0.965. The minimum absolute atomic E-state index is 0.296. The Balaban J connectivity index is 2.09. The zero-order valence-electron chi connectivity index (χ0n) is 13.3. The highest BCUT2D eigenvalue weighted by Crippen LogP contribution is 2.28. The number of rotatable bonds is 7. The topological polar surface area (TPSA) is 47.6 Å². The molecule has 1 amide bonds. The molecule has 0 fully saturated rings. The molecule has 0 aliphatic carbocycles. The van der Waals surface area contributed by atoms with Gasteiger partial charge < -0.3 is 14.8 Å². The van der Waals surface area contributed by atoms with E-state index < -0.39 is 0 Å². The molecule has 2 aromatic carbocycles. The second kappa shape index (κ2) is 8.17. The van der Waals surface area contributed by atoms with Crippen molar-refractivity contribution in [2.45, 2.75) is 19.8 Å². The summed E-state index contributed by atoms with van der Waals surface area (Å²) in [5, 5.41) is 2.71. The Morgan fingerprint density at radius 3 is 2.52 bits per heavy atom. The average Bonchev–Trinajstić information content (AvgIpc) is 2.57. The summed E-state index contributed by atoms with van der Waals surface area (Å²) in [6.07, 6.45) is 2.00. The molecule has 0 heterocycles. The molecule has 0 aromatic heterocycles. The van der Waals surface area contributed by atoms with Crippen molar-refractivity contribution in [2.75, 3.05) is 19.0 Å². The second-order valence-electron chi connectivity index (χ2n) is 5.03. The van der Waals surface area contributed by atoms with Crippen LogP contribution >= 0.6 is 0 Å². The quantitative estimate of drug-likeness (QED) is 0.776. The van der Waals surface area contributed by atoms with Gasteiger partial charge in [-0.3, -0.25) is 4.79 Å². The molecule has 2 aromatic rings. The van der Waals surface area contributed by atoms with E-state index in [1.54, 1.807) is 18.2 Å². The first-order valence-corrected chi connectivity index (χ1v) is 7.51. The summed E-state index contributed by atoms with van der Waals surface area (Å²) in [5.74, 6) is 0.473. The van der Waals surface area contributed by atoms with Crippen LogP contribution in [0.15, 0.2) is 42.5 Å². The van der Waals surface area contributed by atoms with Gasteiger partial charge in [0.1, 0.15) is 5.82 Å². The molecule has 0 saturated carbocycles. The van der Waals surface area contributed by atoms with E-state index >= 15 is 0 Å². The predicted octanol–water partition coefficient (Wildman–Crippen LogP) is 4.27. The Morgan fingerprint density at radius 2 is 1.87 bits per heavy atom. The fourth-order valence-electron chi connectivity index (χ4n) is 1.99. The van der Waals surface area contributed by atoms with Gasteiger partial charge in [0, 0.05) is 11.3 Å². The maximum atomic E-state index is 12.9. The van der Waals surface area contributed by atoms with Crippen LogP contribution in [0.4, 0.5) is 10.1 Å². The van der Waals surface area contributed by atoms with E-state index in [0.29, 0.717) is 29.4 Å². The van der Waals surface area contributed by atoms with Crippen molar-refractivity contribution in [3.8, 4) is 11.5 Å². The first-order chi connectivity index (χ1) is 11.1. The van der Waals surface area contributed by atoms with Crippen LogP contribution in [0.3, 0.4) is 0 Å². The Morgan fingerprint density at radius 1 is 1.13 bits per heavy atom. The molecule has 122 valence electrons. The second-order valence-corrected chi connectivity index (χ2v) is 5.03. The fraction of sp³-hybridized carbons (Fsp3) is 0.278. The molecule has 2 rings (SSSR count). The van der Waals surface area contributed by atoms with Crippen LogP contribution in [0.25, 0.3) is 0 Å². The molecular weight excluding hydrogens is 297 g/mol. The highest BCUT2D eigenvalue weighted by molar-refractivity contribution is 6.04. The number of halogens is 1. The maximum Gasteiger partial charge on any atom is 0.255 e. The molecule has 0 bridgehead atoms. The lowest BCUT2D eigenvalue weighted by Crippen LogP contribution is -2.12. The molecular formula is C18H20FNO3. The van der Waals surface area contributed by atoms with Crippen LogP contribution in [0, 0.1) is 5.82 Å². The number of nitrogens with one attached hydrogen (secondary N) is 1. The molecule has 1 N–H and O–H groups in total. The smallest absolute Gasteiger partial charge is 0.255 e. The number of benzene rings is 2. The largest absolute Gasteiger partial charge is 0.493 e. The van der Waals surface area contributed by atoms with Gasteiger partial charge in [-0.1, -0.05) is 13.3 Å². The zero-order valence-corrected chi connectivity index (χ0v) is 13.3. The first-order valence-electron chi connectivity index (χ1n) is 7.51. The van der Waals surface area contributed by atoms with Gasteiger partial charge in [0.05, 0.1) is 13.7 Å². The van der Waals surface area contributed by atoms with Crippen molar-refractivity contribution in [3.05, 3.63) is 53.8 Å². The Kier molecular flexibility index (Phi) is 5.97. The molecule has 0 saturated heterocycles. The number of carbonyl (C=O) groups is 1. The van der Waals surface area contributed by atoms with Crippen molar-refractivity contribution in [1.82, 2.24) is 0 Å². The lowest BCUT2D eigenvalue weighted by Gasteiger charge is -2.12. The van der Waals surface area contributed by atoms with E-state index in [4.69, 9.17) is 9.47 Å². The summed E-state index contributed by atoms with van der Waals surface area (Å²) in [6, 6.07) is 10.6. The van der Waals surface area contributed by atoms with Crippen molar-refractivity contribution >= 4 is 11.6 Å². The summed E-state index contributed by atoms with van der Waals surface area (Å²) >= 11 is 0. The molecule has 0 aliphatic rings. The standard InChI is InChI=1S/C18H20FNO3/c1-3-4-11-23-16-10-5-13(12-17(16)22-2)18(21)20-15-8-6-14(19)7-9-15/h5-10,12H,3-4,11H2,1-2H3,(H,20,21). The maximum absolute atomic E-state index is 12.9. The average molecular weight is 317 g/mol. The molecule has 4 nitrogen and oxygen atoms in total. The summed E-state index contributed by atoms with van der Waals surface area (Å²) in [6.45, 7) is 2.69. The van der Waals surface area contributed by atoms with Gasteiger partial charge in [-0.05, 0) is 48.9 Å². The van der Waals surface area contributed by atoms with Gasteiger partial charge in [-0.2, -0.15) is 0 Å². The lowest BCUT2D eigenvalue weighted by atomic mass is 10.2. The zero-order chi connectivity index (χ0) is 16.7. The number of hydrogen-bond donors (Lipinski definition) is 1. The normalized spacial score (nSPS) is 10.2. The fourth-order valence-corrected chi connectivity index (χ4v) is 1.99. The minimum atomic E-state index is -0.349. The third-order valence-corrected chi connectivity index (χ3v) is 3.28. The number of hydrogen-bond acceptors (Lipinski definition) is 3. The number of unbranched alkanes of at least 4 members (excludes halogenated alkanes) is 1. The summed E-state index contributed by atoms with van der Waals surface area (Å²) < 4.78 is 23.8. The van der Waals surface area contributed by atoms with Gasteiger partial charge in [-0.25, -0.2) is 4.39 Å². The van der Waals surface area contributed by atoms with Gasteiger partial charge in [0.25, 0.3) is 5.91 Å². The predicted molar refractivity (Wildman–Crippen MR) is 87.8 cm³/mol. The van der Waals surface area contributed by atoms with Crippen LogP contribution in [0.2, 0.25) is 0 Å². The molecule has 0 atom stereocenters. The van der Waals surface area contributed by atoms with E-state index in [2.05, 4.69) is 12.2 Å². The third kappa shape index (κ3) is 4.71. The Bertz CT molecular complexity index is 656. The van der Waals surface area contributed by atoms with Gasteiger partial charge in [0.15, 0.2) is 11.5 Å². The van der Waals surface area contributed by atoms with Crippen LogP contribution < -0.4 is 14.8 Å². The van der Waals surface area contributed by atoms with Crippen LogP contribution in [0.5, 0.6) is 11.5 Å². The molecule has 23 heavy (non-hydrogen) atoms. The van der Waals surface area contributed by atoms with Crippen LogP contribution in [0.1, 0.15) is 30.1 Å². The molecule has 0 unspecified atom stereocenters. The van der Waals surface area contributed by atoms with Crippen LogP contribution in [-0.4, -0.2) is 19.6 Å². The Hall–Kier alpha value is -2.56. The van der Waals surface area contributed by atoms with Gasteiger partial charge in [0.2, 0.25) is 0 Å². The number of methoxy groups -OCH3 is 1. The SMILES string of the molecule is CCCCOc1ccc(C(=O)Nc2ccc(F)cc2)cc1OC. The monoisotopic (exact) mass is 317 g/mol. The summed E-state index contributed by atoms with van der Waals surface area (Å²) in [4.78, 5) is 12.2. The molecule has 0 radical (unpaired) electrons. The number of anilines is 1. The van der Waals surface area contributed by atoms with E-state index in [0.717, 1.165) is 12.8 Å². The van der Waals surface area contributed by atoms with E-state index in [1.165, 1.54) is 31.4 Å². The lowest BCUT2D eigenvalue weighted by molar-refractivity contribution is 0.102. The van der Waals surface area contributed by atoms with E-state index in [-0.39, 0.29) is 11.7 Å². The first kappa shape index (κ1) is 16.8. The minimum Gasteiger partial charge on any atom is -0.493 e. The third-order valence-electron chi connectivity index (χ3n) is 3.28. The summed E-state index contributed by atoms with van der Waals surface area (Å²) in [7, 11) is 1.53. The van der Waals surface area contributed by atoms with Gasteiger partial charge in [-0.15, -0.1) is 0 Å².